The molecule has 0 atom stereocenters. The highest BCUT2D eigenvalue weighted by atomic mass is 32.1. The maximum absolute atomic E-state index is 12.0. The number of carbonyl (C=O) groups is 1. The van der Waals surface area contributed by atoms with Crippen molar-refractivity contribution in [2.45, 2.75) is 6.04 Å². The van der Waals surface area contributed by atoms with E-state index in [2.05, 4.69) is 30.5 Å². The Morgan fingerprint density at radius 2 is 2.27 bits per heavy atom. The maximum Gasteiger partial charge on any atom is 0.273 e. The number of anilines is 1. The van der Waals surface area contributed by atoms with Gasteiger partial charge in [0.2, 0.25) is 0 Å². The third-order valence-corrected chi connectivity index (χ3v) is 4.48. The molecule has 3 aromatic rings. The van der Waals surface area contributed by atoms with E-state index >= 15 is 0 Å². The zero-order valence-corrected chi connectivity index (χ0v) is 12.6. The summed E-state index contributed by atoms with van der Waals surface area (Å²) >= 11 is 1.63. The van der Waals surface area contributed by atoms with Gasteiger partial charge in [-0.05, 0) is 11.4 Å². The van der Waals surface area contributed by atoms with Gasteiger partial charge in [0.1, 0.15) is 12.1 Å². The SMILES string of the molecule is Cn1cc(C(=O)NC2CN(c3ncnc4ccsc34)C2)nn1. The molecule has 1 aliphatic rings. The van der Waals surface area contributed by atoms with E-state index in [0.29, 0.717) is 5.69 Å². The Morgan fingerprint density at radius 1 is 1.41 bits per heavy atom. The average Bonchev–Trinajstić information content (AvgIpc) is 3.10. The second-order valence-corrected chi connectivity index (χ2v) is 6.10. The van der Waals surface area contributed by atoms with E-state index in [1.54, 1.807) is 30.9 Å². The smallest absolute Gasteiger partial charge is 0.273 e. The third-order valence-electron chi connectivity index (χ3n) is 3.58. The van der Waals surface area contributed by atoms with Gasteiger partial charge < -0.3 is 10.2 Å². The van der Waals surface area contributed by atoms with Crippen LogP contribution in [0.3, 0.4) is 0 Å². The number of thiophene rings is 1. The Balaban J connectivity index is 1.42. The first-order valence-corrected chi connectivity index (χ1v) is 7.69. The molecule has 1 saturated heterocycles. The molecule has 0 unspecified atom stereocenters. The number of rotatable bonds is 3. The second-order valence-electron chi connectivity index (χ2n) is 5.19. The number of carbonyl (C=O) groups excluding carboxylic acids is 1. The summed E-state index contributed by atoms with van der Waals surface area (Å²) in [5.74, 6) is 0.742. The van der Waals surface area contributed by atoms with Crippen molar-refractivity contribution in [3.05, 3.63) is 29.7 Å². The van der Waals surface area contributed by atoms with E-state index in [1.807, 2.05) is 11.4 Å². The average molecular weight is 315 g/mol. The van der Waals surface area contributed by atoms with Crippen molar-refractivity contribution < 1.29 is 4.79 Å². The quantitative estimate of drug-likeness (QED) is 0.754. The van der Waals surface area contributed by atoms with E-state index in [9.17, 15) is 4.79 Å². The molecular formula is C13H13N7OS. The molecular weight excluding hydrogens is 302 g/mol. The summed E-state index contributed by atoms with van der Waals surface area (Å²) in [6.45, 7) is 1.46. The Kier molecular flexibility index (Phi) is 3.00. The van der Waals surface area contributed by atoms with Gasteiger partial charge in [-0.2, -0.15) is 0 Å². The Bertz CT molecular complexity index is 836. The molecule has 1 N–H and O–H groups in total. The summed E-state index contributed by atoms with van der Waals surface area (Å²) in [4.78, 5) is 22.7. The van der Waals surface area contributed by atoms with Crippen LogP contribution in [0.15, 0.2) is 24.0 Å². The van der Waals surface area contributed by atoms with Crippen molar-refractivity contribution in [1.29, 1.82) is 0 Å². The van der Waals surface area contributed by atoms with Gasteiger partial charge in [0.05, 0.1) is 22.5 Å². The van der Waals surface area contributed by atoms with Gasteiger partial charge in [0, 0.05) is 20.1 Å². The molecule has 9 heteroatoms. The van der Waals surface area contributed by atoms with E-state index in [1.165, 1.54) is 4.68 Å². The highest BCUT2D eigenvalue weighted by Gasteiger charge is 2.31. The van der Waals surface area contributed by atoms with Crippen molar-refractivity contribution in [3.8, 4) is 0 Å². The van der Waals surface area contributed by atoms with Gasteiger partial charge >= 0.3 is 0 Å². The molecule has 0 saturated carbocycles. The van der Waals surface area contributed by atoms with Gasteiger partial charge in [0.15, 0.2) is 5.69 Å². The minimum absolute atomic E-state index is 0.0967. The van der Waals surface area contributed by atoms with Crippen LogP contribution >= 0.6 is 11.3 Å². The van der Waals surface area contributed by atoms with E-state index in [0.717, 1.165) is 29.1 Å². The molecule has 1 fully saturated rings. The van der Waals surface area contributed by atoms with Gasteiger partial charge in [-0.25, -0.2) is 9.97 Å². The first kappa shape index (κ1) is 13.1. The summed E-state index contributed by atoms with van der Waals surface area (Å²) in [5, 5.41) is 12.5. The molecule has 0 aromatic carbocycles. The lowest BCUT2D eigenvalue weighted by molar-refractivity contribution is 0.0925. The van der Waals surface area contributed by atoms with Gasteiger partial charge in [-0.15, -0.1) is 16.4 Å². The highest BCUT2D eigenvalue weighted by molar-refractivity contribution is 7.17. The zero-order valence-electron chi connectivity index (χ0n) is 11.8. The number of aryl methyl sites for hydroxylation is 1. The van der Waals surface area contributed by atoms with Crippen LogP contribution in [-0.2, 0) is 7.05 Å². The molecule has 0 bridgehead atoms. The highest BCUT2D eigenvalue weighted by Crippen LogP contribution is 2.30. The molecule has 4 heterocycles. The molecule has 1 aliphatic heterocycles. The van der Waals surface area contributed by atoms with Crippen LogP contribution < -0.4 is 10.2 Å². The lowest BCUT2D eigenvalue weighted by Crippen LogP contribution is -2.59. The van der Waals surface area contributed by atoms with E-state index in [-0.39, 0.29) is 11.9 Å². The number of amides is 1. The summed E-state index contributed by atoms with van der Waals surface area (Å²) < 4.78 is 2.59. The molecule has 22 heavy (non-hydrogen) atoms. The first-order valence-electron chi connectivity index (χ1n) is 6.81. The van der Waals surface area contributed by atoms with E-state index < -0.39 is 0 Å². The van der Waals surface area contributed by atoms with Crippen LogP contribution in [0.4, 0.5) is 5.82 Å². The third kappa shape index (κ3) is 2.19. The van der Waals surface area contributed by atoms with Crippen LogP contribution in [0, 0.1) is 0 Å². The number of aromatic nitrogens is 5. The Morgan fingerprint density at radius 3 is 3.05 bits per heavy atom. The zero-order chi connectivity index (χ0) is 15.1. The largest absolute Gasteiger partial charge is 0.351 e. The van der Waals surface area contributed by atoms with Crippen molar-refractivity contribution in [2.24, 2.45) is 7.05 Å². The number of nitrogens with zero attached hydrogens (tertiary/aromatic N) is 6. The molecule has 8 nitrogen and oxygen atoms in total. The molecule has 3 aromatic heterocycles. The van der Waals surface area contributed by atoms with Crippen LogP contribution in [0.2, 0.25) is 0 Å². The lowest BCUT2D eigenvalue weighted by Gasteiger charge is -2.40. The predicted molar refractivity (Wildman–Crippen MR) is 81.9 cm³/mol. The number of fused-ring (bicyclic) bond motifs is 1. The molecule has 0 aliphatic carbocycles. The summed E-state index contributed by atoms with van der Waals surface area (Å²) in [7, 11) is 1.73. The Hall–Kier alpha value is -2.55. The number of hydrogen-bond acceptors (Lipinski definition) is 7. The molecule has 0 radical (unpaired) electrons. The minimum atomic E-state index is -0.193. The van der Waals surface area contributed by atoms with Crippen molar-refractivity contribution >= 4 is 33.3 Å². The second kappa shape index (κ2) is 5.02. The summed E-state index contributed by atoms with van der Waals surface area (Å²) in [5.41, 5.74) is 1.30. The van der Waals surface area contributed by atoms with E-state index in [4.69, 9.17) is 0 Å². The maximum atomic E-state index is 12.0. The monoisotopic (exact) mass is 315 g/mol. The summed E-state index contributed by atoms with van der Waals surface area (Å²) in [6.07, 6.45) is 3.18. The van der Waals surface area contributed by atoms with Crippen LogP contribution in [0.25, 0.3) is 10.2 Å². The van der Waals surface area contributed by atoms with Crippen LogP contribution in [-0.4, -0.2) is 50.0 Å². The fourth-order valence-corrected chi connectivity index (χ4v) is 3.32. The number of nitrogens with one attached hydrogen (secondary N) is 1. The number of hydrogen-bond donors (Lipinski definition) is 1. The van der Waals surface area contributed by atoms with Crippen LogP contribution in [0.5, 0.6) is 0 Å². The predicted octanol–water partition coefficient (Wildman–Crippen LogP) is 0.438. The van der Waals surface area contributed by atoms with Crippen molar-refractivity contribution in [3.63, 3.8) is 0 Å². The van der Waals surface area contributed by atoms with Crippen molar-refractivity contribution in [1.82, 2.24) is 30.3 Å². The molecule has 1 amide bonds. The molecule has 112 valence electrons. The Labute approximate surface area is 129 Å². The van der Waals surface area contributed by atoms with Gasteiger partial charge in [-0.1, -0.05) is 5.21 Å². The fraction of sp³-hybridized carbons (Fsp3) is 0.308. The topological polar surface area (TPSA) is 88.8 Å². The van der Waals surface area contributed by atoms with Crippen LogP contribution in [0.1, 0.15) is 10.5 Å². The summed E-state index contributed by atoms with van der Waals surface area (Å²) in [6, 6.07) is 2.08. The lowest BCUT2D eigenvalue weighted by atomic mass is 10.1. The van der Waals surface area contributed by atoms with Gasteiger partial charge in [-0.3, -0.25) is 9.48 Å². The molecule has 4 rings (SSSR count). The first-order chi connectivity index (χ1) is 10.7. The molecule has 0 spiro atoms. The minimum Gasteiger partial charge on any atom is -0.351 e. The normalized spacial score (nSPS) is 15.0. The standard InChI is InChI=1S/C13H13N7OS/c1-19-6-10(17-18-19)13(21)16-8-4-20(5-8)12-11-9(2-3-22-11)14-7-15-12/h2-3,6-8H,4-5H2,1H3,(H,16,21). The van der Waals surface area contributed by atoms with Crippen molar-refractivity contribution in [2.75, 3.05) is 18.0 Å². The van der Waals surface area contributed by atoms with Gasteiger partial charge in [0.25, 0.3) is 5.91 Å². The fourth-order valence-electron chi connectivity index (χ4n) is 2.45.